The third kappa shape index (κ3) is 3.59. The van der Waals surface area contributed by atoms with Crippen LogP contribution in [0.3, 0.4) is 0 Å². The molecule has 9 heteroatoms. The number of phenolic OH excluding ortho intramolecular Hbond substituents is 1. The number of likely N-dealkylation sites (tertiary alicyclic amines) is 1. The number of halogens is 3. The number of piperidine rings is 1. The van der Waals surface area contributed by atoms with Crippen molar-refractivity contribution in [3.8, 4) is 11.5 Å². The molecule has 2 aromatic carbocycles. The number of ether oxygens (including phenoxy) is 1. The second-order valence-electron chi connectivity index (χ2n) is 11.1. The Balaban J connectivity index is 1.36. The second kappa shape index (κ2) is 8.86. The average molecular weight is 541 g/mol. The van der Waals surface area contributed by atoms with E-state index in [0.29, 0.717) is 44.5 Å². The smallest absolute Gasteiger partial charge is 0.416 e. The van der Waals surface area contributed by atoms with Crippen LogP contribution < -0.4 is 4.74 Å². The summed E-state index contributed by atoms with van der Waals surface area (Å²) in [6.07, 6.45) is 1.09. The van der Waals surface area contributed by atoms with Gasteiger partial charge in [-0.05, 0) is 61.6 Å². The monoisotopic (exact) mass is 540 g/mol. The molecule has 2 aliphatic heterocycles. The Hall–Kier alpha value is -3.30. The van der Waals surface area contributed by atoms with Crippen LogP contribution in [0.5, 0.6) is 11.5 Å². The van der Waals surface area contributed by atoms with Gasteiger partial charge in [0.15, 0.2) is 11.5 Å². The van der Waals surface area contributed by atoms with Crippen LogP contribution in [0, 0.1) is 0 Å². The summed E-state index contributed by atoms with van der Waals surface area (Å²) in [5.74, 6) is -0.0866. The topological polar surface area (TPSA) is 73.2 Å². The first kappa shape index (κ1) is 26.0. The number of benzene rings is 2. The molecule has 0 radical (unpaired) electrons. The molecule has 1 saturated heterocycles. The molecule has 2 fully saturated rings. The molecule has 0 unspecified atom stereocenters. The van der Waals surface area contributed by atoms with Gasteiger partial charge < -0.3 is 19.8 Å². The molecule has 1 amide bonds. The Bertz CT molecular complexity index is 1370. The molecule has 2 bridgehead atoms. The highest BCUT2D eigenvalue weighted by molar-refractivity contribution is 5.92. The number of aromatic hydroxyl groups is 1. The minimum absolute atomic E-state index is 0.00299. The number of nitrogens with zero attached hydrogens (tertiary/aromatic N) is 2. The summed E-state index contributed by atoms with van der Waals surface area (Å²) < 4.78 is 46.8. The van der Waals surface area contributed by atoms with Crippen LogP contribution in [-0.2, 0) is 22.8 Å². The van der Waals surface area contributed by atoms with Gasteiger partial charge in [-0.3, -0.25) is 9.69 Å². The van der Waals surface area contributed by atoms with Crippen molar-refractivity contribution in [2.45, 2.75) is 61.1 Å². The zero-order valence-electron chi connectivity index (χ0n) is 21.6. The third-order valence-electron chi connectivity index (χ3n) is 9.42. The van der Waals surface area contributed by atoms with E-state index in [1.165, 1.54) is 29.2 Å². The zero-order chi connectivity index (χ0) is 27.7. The summed E-state index contributed by atoms with van der Waals surface area (Å²) in [7, 11) is 1.62. The summed E-state index contributed by atoms with van der Waals surface area (Å²) in [5.41, 5.74) is -0.993. The average Bonchev–Trinajstić information content (AvgIpc) is 3.25. The van der Waals surface area contributed by atoms with Crippen molar-refractivity contribution in [3.05, 3.63) is 77.4 Å². The van der Waals surface area contributed by atoms with Gasteiger partial charge in [0.05, 0.1) is 22.6 Å². The lowest BCUT2D eigenvalue weighted by Gasteiger charge is -2.64. The van der Waals surface area contributed by atoms with Crippen molar-refractivity contribution in [2.75, 3.05) is 20.1 Å². The molecule has 5 atom stereocenters. The second-order valence-corrected chi connectivity index (χ2v) is 11.1. The molecular weight excluding hydrogens is 509 g/mol. The van der Waals surface area contributed by atoms with Crippen LogP contribution in [-0.4, -0.2) is 69.8 Å². The van der Waals surface area contributed by atoms with Gasteiger partial charge >= 0.3 is 6.18 Å². The first-order valence-electron chi connectivity index (χ1n) is 13.2. The number of aliphatic hydroxyl groups is 1. The standard InChI is InChI=1S/C30H31F3N2O4/c1-3-15-35-16-14-28-25-19-8-10-22(36)26(25)39-27(28)21(12-13-29(28,38)23(35)17-19)34(2)24(37)11-9-18-6-4-5-7-20(18)30(31,32)33/h3-11,21,23,27,36,38H,1,12-17H2,2H3/t21-,23-,27+,28+,29-/m1/s1. The van der Waals surface area contributed by atoms with Crippen molar-refractivity contribution in [1.29, 1.82) is 0 Å². The van der Waals surface area contributed by atoms with E-state index in [4.69, 9.17) is 4.74 Å². The zero-order valence-corrected chi connectivity index (χ0v) is 21.6. The number of rotatable bonds is 5. The largest absolute Gasteiger partial charge is 0.504 e. The molecule has 206 valence electrons. The Morgan fingerprint density at radius 1 is 1.26 bits per heavy atom. The molecule has 0 aromatic heterocycles. The molecule has 2 N–H and O–H groups in total. The van der Waals surface area contributed by atoms with Crippen molar-refractivity contribution in [1.82, 2.24) is 9.80 Å². The number of carbonyl (C=O) groups is 1. The first-order chi connectivity index (χ1) is 18.5. The Labute approximate surface area is 225 Å². The van der Waals surface area contributed by atoms with Crippen LogP contribution in [0.1, 0.15) is 41.5 Å². The van der Waals surface area contributed by atoms with Crippen LogP contribution in [0.4, 0.5) is 13.2 Å². The number of amides is 1. The van der Waals surface area contributed by atoms with Gasteiger partial charge in [0.25, 0.3) is 0 Å². The molecule has 2 aliphatic carbocycles. The summed E-state index contributed by atoms with van der Waals surface area (Å²) in [6, 6.07) is 8.01. The van der Waals surface area contributed by atoms with Crippen LogP contribution >= 0.6 is 0 Å². The molecule has 6 rings (SSSR count). The molecule has 4 aliphatic rings. The Kier molecular flexibility index (Phi) is 5.89. The lowest BCUT2D eigenvalue weighted by atomic mass is 9.48. The number of carbonyl (C=O) groups excluding carboxylic acids is 1. The number of likely N-dealkylation sites (N-methyl/N-ethyl adjacent to an activating group) is 1. The lowest BCUT2D eigenvalue weighted by molar-refractivity contribution is -0.198. The van der Waals surface area contributed by atoms with E-state index in [-0.39, 0.29) is 17.4 Å². The molecular formula is C30H31F3N2O4. The minimum atomic E-state index is -4.54. The molecule has 6 nitrogen and oxygen atoms in total. The van der Waals surface area contributed by atoms with Gasteiger partial charge in [-0.15, -0.1) is 6.58 Å². The van der Waals surface area contributed by atoms with Crippen molar-refractivity contribution >= 4 is 12.0 Å². The van der Waals surface area contributed by atoms with Crippen LogP contribution in [0.15, 0.2) is 55.1 Å². The van der Waals surface area contributed by atoms with Gasteiger partial charge in [-0.25, -0.2) is 0 Å². The highest BCUT2D eigenvalue weighted by atomic mass is 19.4. The number of hydrogen-bond acceptors (Lipinski definition) is 5. The minimum Gasteiger partial charge on any atom is -0.504 e. The lowest BCUT2D eigenvalue weighted by Crippen LogP contribution is -2.78. The predicted molar refractivity (Wildman–Crippen MR) is 139 cm³/mol. The Morgan fingerprint density at radius 3 is 2.77 bits per heavy atom. The van der Waals surface area contributed by atoms with Gasteiger partial charge in [0, 0.05) is 31.3 Å². The number of hydrogen-bond donors (Lipinski definition) is 2. The normalized spacial score (nSPS) is 31.1. The maximum absolute atomic E-state index is 13.4. The highest BCUT2D eigenvalue weighted by Crippen LogP contribution is 2.65. The van der Waals surface area contributed by atoms with Crippen molar-refractivity contribution in [2.24, 2.45) is 0 Å². The number of alkyl halides is 3. The van der Waals surface area contributed by atoms with Gasteiger partial charge in [-0.2, -0.15) is 13.2 Å². The van der Waals surface area contributed by atoms with Crippen LogP contribution in [0.25, 0.3) is 6.08 Å². The van der Waals surface area contributed by atoms with E-state index in [2.05, 4.69) is 11.5 Å². The first-order valence-corrected chi connectivity index (χ1v) is 13.2. The van der Waals surface area contributed by atoms with Crippen LogP contribution in [0.2, 0.25) is 0 Å². The van der Waals surface area contributed by atoms with E-state index < -0.39 is 40.8 Å². The fraction of sp³-hybridized carbons (Fsp3) is 0.433. The van der Waals surface area contributed by atoms with Crippen molar-refractivity contribution < 1.29 is 32.9 Å². The summed E-state index contributed by atoms with van der Waals surface area (Å²) in [5, 5.41) is 23.2. The van der Waals surface area contributed by atoms with Gasteiger partial charge in [-0.1, -0.05) is 30.3 Å². The Morgan fingerprint density at radius 2 is 2.03 bits per heavy atom. The summed E-state index contributed by atoms with van der Waals surface area (Å²) in [4.78, 5) is 17.1. The summed E-state index contributed by atoms with van der Waals surface area (Å²) >= 11 is 0. The third-order valence-corrected chi connectivity index (χ3v) is 9.42. The SMILES string of the molecule is C=CCN1CC[C@]23c4c5ccc(O)c4O[C@H]2[C@H](N(C)C(=O)C=Cc2ccccc2C(F)(F)F)CC[C@@]3(O)[C@H]1C5. The molecule has 39 heavy (non-hydrogen) atoms. The van der Waals surface area contributed by atoms with E-state index in [9.17, 15) is 28.2 Å². The fourth-order valence-corrected chi connectivity index (χ4v) is 7.73. The molecule has 1 saturated carbocycles. The quantitative estimate of drug-likeness (QED) is 0.437. The van der Waals surface area contributed by atoms with E-state index in [1.807, 2.05) is 12.1 Å². The molecule has 1 spiro atoms. The number of phenols is 1. The van der Waals surface area contributed by atoms with E-state index >= 15 is 0 Å². The van der Waals surface area contributed by atoms with E-state index in [0.717, 1.165) is 23.3 Å². The highest BCUT2D eigenvalue weighted by Gasteiger charge is 2.73. The predicted octanol–water partition coefficient (Wildman–Crippen LogP) is 4.29. The van der Waals surface area contributed by atoms with Crippen molar-refractivity contribution in [3.63, 3.8) is 0 Å². The van der Waals surface area contributed by atoms with Gasteiger partial charge in [0.2, 0.25) is 5.91 Å². The van der Waals surface area contributed by atoms with Gasteiger partial charge in [0.1, 0.15) is 6.10 Å². The molecule has 2 heterocycles. The van der Waals surface area contributed by atoms with E-state index in [1.54, 1.807) is 13.1 Å². The summed E-state index contributed by atoms with van der Waals surface area (Å²) in [6.45, 7) is 5.23. The maximum atomic E-state index is 13.4. The maximum Gasteiger partial charge on any atom is 0.416 e. The fourth-order valence-electron chi connectivity index (χ4n) is 7.73. The molecule has 2 aromatic rings.